The molecule has 4 nitrogen and oxygen atoms in total. The molecule has 1 amide bonds. The zero-order chi connectivity index (χ0) is 16.8. The minimum Gasteiger partial charge on any atom is -0.377 e. The molecule has 0 bridgehead atoms. The van der Waals surface area contributed by atoms with E-state index in [4.69, 9.17) is 10.5 Å². The van der Waals surface area contributed by atoms with Crippen molar-refractivity contribution in [1.82, 2.24) is 4.90 Å². The maximum atomic E-state index is 13.3. The van der Waals surface area contributed by atoms with E-state index in [1.54, 1.807) is 0 Å². The van der Waals surface area contributed by atoms with Gasteiger partial charge in [-0.3, -0.25) is 4.79 Å². The Balaban J connectivity index is 0.00000208. The highest BCUT2D eigenvalue weighted by atomic mass is 35.5. The van der Waals surface area contributed by atoms with E-state index in [1.807, 2.05) is 0 Å². The molecule has 3 fully saturated rings. The number of nitrogens with two attached hydrogens (primary N) is 1. The average molecular weight is 359 g/mol. The minimum absolute atomic E-state index is 0. The van der Waals surface area contributed by atoms with Crippen molar-refractivity contribution < 1.29 is 9.53 Å². The highest BCUT2D eigenvalue weighted by molar-refractivity contribution is 5.89. The quantitative estimate of drug-likeness (QED) is 0.824. The standard InChI is InChI=1S/C19H34N2O2.ClH/c1-13(2)14-7-5-10-21(11-9-14)17(22)19(20)15-8-6-12-23-16(15)18(19,3)4;/h13-16H,5-12,20H2,1-4H3;1H. The van der Waals surface area contributed by atoms with Gasteiger partial charge in [0.25, 0.3) is 0 Å². The molecule has 0 aromatic heterocycles. The highest BCUT2D eigenvalue weighted by Gasteiger charge is 2.70. The van der Waals surface area contributed by atoms with Gasteiger partial charge in [0.15, 0.2) is 0 Å². The second-order valence-corrected chi connectivity index (χ2v) is 8.86. The molecule has 5 heteroatoms. The molecule has 4 atom stereocenters. The van der Waals surface area contributed by atoms with E-state index in [2.05, 4.69) is 32.6 Å². The molecule has 1 saturated carbocycles. The van der Waals surface area contributed by atoms with Crippen LogP contribution in [-0.2, 0) is 9.53 Å². The molecule has 2 N–H and O–H groups in total. The molecule has 4 unspecified atom stereocenters. The van der Waals surface area contributed by atoms with Crippen LogP contribution in [0.1, 0.15) is 59.8 Å². The smallest absolute Gasteiger partial charge is 0.243 e. The van der Waals surface area contributed by atoms with E-state index in [9.17, 15) is 4.79 Å². The summed E-state index contributed by atoms with van der Waals surface area (Å²) in [6.07, 6.45) is 5.66. The molecule has 1 aliphatic carbocycles. The molecule has 3 aliphatic rings. The van der Waals surface area contributed by atoms with Gasteiger partial charge in [0, 0.05) is 31.0 Å². The Hall–Kier alpha value is -0.320. The van der Waals surface area contributed by atoms with Crippen molar-refractivity contribution >= 4 is 18.3 Å². The number of hydrogen-bond donors (Lipinski definition) is 1. The summed E-state index contributed by atoms with van der Waals surface area (Å²) in [5, 5.41) is 0. The predicted octanol–water partition coefficient (Wildman–Crippen LogP) is 3.23. The first-order chi connectivity index (χ1) is 10.8. The fourth-order valence-corrected chi connectivity index (χ4v) is 5.26. The van der Waals surface area contributed by atoms with Crippen molar-refractivity contribution in [2.45, 2.75) is 71.4 Å². The molecular weight excluding hydrogens is 324 g/mol. The summed E-state index contributed by atoms with van der Waals surface area (Å²) in [5.74, 6) is 1.82. The number of carbonyl (C=O) groups excluding carboxylic acids is 1. The van der Waals surface area contributed by atoms with Gasteiger partial charge in [-0.2, -0.15) is 0 Å². The Morgan fingerprint density at radius 3 is 2.54 bits per heavy atom. The Bertz CT molecular complexity index is 468. The number of likely N-dealkylation sites (tertiary alicyclic amines) is 1. The van der Waals surface area contributed by atoms with Gasteiger partial charge in [0.05, 0.1) is 6.10 Å². The van der Waals surface area contributed by atoms with Gasteiger partial charge in [-0.05, 0) is 43.9 Å². The van der Waals surface area contributed by atoms with Crippen LogP contribution in [0, 0.1) is 23.2 Å². The molecule has 140 valence electrons. The normalized spacial score (nSPS) is 38.6. The third-order valence-corrected chi connectivity index (χ3v) is 7.04. The lowest BCUT2D eigenvalue weighted by Crippen LogP contribution is -2.82. The zero-order valence-electron chi connectivity index (χ0n) is 15.7. The second kappa shape index (κ2) is 7.13. The number of fused-ring (bicyclic) bond motifs is 1. The molecule has 0 spiro atoms. The van der Waals surface area contributed by atoms with Crippen LogP contribution in [0.15, 0.2) is 0 Å². The average Bonchev–Trinajstić information content (AvgIpc) is 2.79. The van der Waals surface area contributed by atoms with E-state index in [0.29, 0.717) is 5.92 Å². The lowest BCUT2D eigenvalue weighted by Gasteiger charge is -2.65. The maximum Gasteiger partial charge on any atom is 0.243 e. The van der Waals surface area contributed by atoms with E-state index in [0.717, 1.165) is 51.3 Å². The van der Waals surface area contributed by atoms with Crippen molar-refractivity contribution in [2.75, 3.05) is 19.7 Å². The third-order valence-electron chi connectivity index (χ3n) is 7.04. The highest BCUT2D eigenvalue weighted by Crippen LogP contribution is 2.58. The van der Waals surface area contributed by atoms with E-state index < -0.39 is 5.54 Å². The number of halogens is 1. The molecule has 2 aliphatic heterocycles. The number of amides is 1. The number of nitrogens with zero attached hydrogens (tertiary/aromatic N) is 1. The fraction of sp³-hybridized carbons (Fsp3) is 0.947. The SMILES string of the molecule is CC(C)C1CCCN(C(=O)C2(N)C3CCCOC3C2(C)C)CC1.Cl. The number of rotatable bonds is 2. The number of hydrogen-bond acceptors (Lipinski definition) is 3. The summed E-state index contributed by atoms with van der Waals surface area (Å²) < 4.78 is 5.95. The predicted molar refractivity (Wildman–Crippen MR) is 99.2 cm³/mol. The van der Waals surface area contributed by atoms with Crippen LogP contribution in [0.5, 0.6) is 0 Å². The van der Waals surface area contributed by atoms with Crippen molar-refractivity contribution in [3.8, 4) is 0 Å². The van der Waals surface area contributed by atoms with Gasteiger partial charge >= 0.3 is 0 Å². The van der Waals surface area contributed by atoms with Crippen LogP contribution < -0.4 is 5.73 Å². The van der Waals surface area contributed by atoms with E-state index in [-0.39, 0.29) is 35.8 Å². The lowest BCUT2D eigenvalue weighted by molar-refractivity contribution is -0.230. The zero-order valence-corrected chi connectivity index (χ0v) is 16.5. The summed E-state index contributed by atoms with van der Waals surface area (Å²) in [7, 11) is 0. The molecule has 3 rings (SSSR count). The third kappa shape index (κ3) is 2.89. The van der Waals surface area contributed by atoms with Gasteiger partial charge in [-0.25, -0.2) is 0 Å². The number of ether oxygens (including phenoxy) is 1. The summed E-state index contributed by atoms with van der Waals surface area (Å²) in [4.78, 5) is 15.4. The van der Waals surface area contributed by atoms with Crippen LogP contribution in [0.4, 0.5) is 0 Å². The summed E-state index contributed by atoms with van der Waals surface area (Å²) >= 11 is 0. The Kier molecular flexibility index (Phi) is 5.94. The maximum absolute atomic E-state index is 13.3. The first-order valence-corrected chi connectivity index (χ1v) is 9.50. The summed E-state index contributed by atoms with van der Waals surface area (Å²) in [5.41, 5.74) is 5.78. The van der Waals surface area contributed by atoms with Gasteiger partial charge in [0.1, 0.15) is 5.54 Å². The van der Waals surface area contributed by atoms with E-state index >= 15 is 0 Å². The van der Waals surface area contributed by atoms with Gasteiger partial charge in [0.2, 0.25) is 5.91 Å². The van der Waals surface area contributed by atoms with Crippen LogP contribution in [0.2, 0.25) is 0 Å². The van der Waals surface area contributed by atoms with Crippen molar-refractivity contribution in [2.24, 2.45) is 28.9 Å². The van der Waals surface area contributed by atoms with Crippen molar-refractivity contribution in [3.05, 3.63) is 0 Å². The van der Waals surface area contributed by atoms with Gasteiger partial charge < -0.3 is 15.4 Å². The molecule has 24 heavy (non-hydrogen) atoms. The fourth-order valence-electron chi connectivity index (χ4n) is 5.26. The first-order valence-electron chi connectivity index (χ1n) is 9.50. The van der Waals surface area contributed by atoms with Crippen LogP contribution in [0.25, 0.3) is 0 Å². The second-order valence-electron chi connectivity index (χ2n) is 8.86. The number of carbonyl (C=O) groups is 1. The van der Waals surface area contributed by atoms with Crippen molar-refractivity contribution in [1.29, 1.82) is 0 Å². The molecule has 0 radical (unpaired) electrons. The Morgan fingerprint density at radius 1 is 1.17 bits per heavy atom. The van der Waals surface area contributed by atoms with Crippen LogP contribution in [0.3, 0.4) is 0 Å². The van der Waals surface area contributed by atoms with Crippen LogP contribution >= 0.6 is 12.4 Å². The van der Waals surface area contributed by atoms with E-state index in [1.165, 1.54) is 6.42 Å². The Labute approximate surface area is 153 Å². The first kappa shape index (κ1) is 20.0. The van der Waals surface area contributed by atoms with Crippen molar-refractivity contribution in [3.63, 3.8) is 0 Å². The molecule has 2 heterocycles. The lowest BCUT2D eigenvalue weighted by atomic mass is 9.46. The molecule has 2 saturated heterocycles. The van der Waals surface area contributed by atoms with Crippen LogP contribution in [-0.4, -0.2) is 42.1 Å². The molecular formula is C19H35ClN2O2. The largest absolute Gasteiger partial charge is 0.377 e. The van der Waals surface area contributed by atoms with Gasteiger partial charge in [-0.15, -0.1) is 12.4 Å². The van der Waals surface area contributed by atoms with Gasteiger partial charge in [-0.1, -0.05) is 27.7 Å². The molecule has 0 aromatic rings. The minimum atomic E-state index is -0.740. The molecule has 0 aromatic carbocycles. The monoisotopic (exact) mass is 358 g/mol. The Morgan fingerprint density at radius 2 is 1.88 bits per heavy atom. The topological polar surface area (TPSA) is 55.6 Å². The summed E-state index contributed by atoms with van der Waals surface area (Å²) in [6.45, 7) is 11.4. The summed E-state index contributed by atoms with van der Waals surface area (Å²) in [6, 6.07) is 0.